The van der Waals surface area contributed by atoms with Crippen LogP contribution in [0.1, 0.15) is 27.2 Å². The molecule has 0 aliphatic heterocycles. The van der Waals surface area contributed by atoms with E-state index < -0.39 is 17.9 Å². The van der Waals surface area contributed by atoms with Gasteiger partial charge in [-0.25, -0.2) is 9.59 Å². The first kappa shape index (κ1) is 15.2. The molecule has 106 valence electrons. The summed E-state index contributed by atoms with van der Waals surface area (Å²) in [6.07, 6.45) is 1.10. The highest BCUT2D eigenvalue weighted by Crippen LogP contribution is 2.37. The molecule has 1 aliphatic carbocycles. The van der Waals surface area contributed by atoms with Gasteiger partial charge in [0.25, 0.3) is 5.91 Å². The van der Waals surface area contributed by atoms with Crippen molar-refractivity contribution in [2.75, 3.05) is 13.6 Å². The van der Waals surface area contributed by atoms with Gasteiger partial charge in [-0.15, -0.1) is 0 Å². The van der Waals surface area contributed by atoms with Crippen LogP contribution in [0.5, 0.6) is 0 Å². The van der Waals surface area contributed by atoms with Crippen molar-refractivity contribution in [2.24, 2.45) is 11.8 Å². The van der Waals surface area contributed by atoms with E-state index in [0.717, 1.165) is 6.42 Å². The third kappa shape index (κ3) is 4.08. The number of aliphatic carboxylic acids is 1. The number of rotatable bonds is 4. The summed E-state index contributed by atoms with van der Waals surface area (Å²) >= 11 is 0. The predicted molar refractivity (Wildman–Crippen MR) is 69.4 cm³/mol. The normalized spacial score (nSPS) is 22.3. The Bertz CT molecular complexity index is 442. The summed E-state index contributed by atoms with van der Waals surface area (Å²) in [5.74, 6) is -0.703. The monoisotopic (exact) mass is 268 g/mol. The van der Waals surface area contributed by atoms with Crippen molar-refractivity contribution in [1.29, 1.82) is 0 Å². The summed E-state index contributed by atoms with van der Waals surface area (Å²) < 4.78 is 0. The molecule has 0 radical (unpaired) electrons. The highest BCUT2D eigenvalue weighted by molar-refractivity contribution is 6.07. The van der Waals surface area contributed by atoms with E-state index in [0.29, 0.717) is 18.4 Å². The number of carbonyl (C=O) groups is 3. The molecule has 0 spiro atoms. The topological polar surface area (TPSA) is 86.7 Å². The number of hydrogen-bond donors (Lipinski definition) is 2. The van der Waals surface area contributed by atoms with Gasteiger partial charge >= 0.3 is 12.0 Å². The lowest BCUT2D eigenvalue weighted by Gasteiger charge is -2.17. The van der Waals surface area contributed by atoms with E-state index in [1.807, 2.05) is 0 Å². The zero-order valence-corrected chi connectivity index (χ0v) is 11.7. The van der Waals surface area contributed by atoms with E-state index in [1.165, 1.54) is 18.7 Å². The van der Waals surface area contributed by atoms with Gasteiger partial charge in [-0.05, 0) is 32.1 Å². The number of carboxylic acid groups (broad SMARTS) is 1. The van der Waals surface area contributed by atoms with Crippen molar-refractivity contribution in [3.05, 3.63) is 11.1 Å². The molecule has 0 saturated heterocycles. The van der Waals surface area contributed by atoms with Gasteiger partial charge in [0, 0.05) is 24.7 Å². The lowest BCUT2D eigenvalue weighted by Crippen LogP contribution is -2.42. The van der Waals surface area contributed by atoms with Crippen molar-refractivity contribution >= 4 is 17.9 Å². The van der Waals surface area contributed by atoms with Crippen LogP contribution >= 0.6 is 0 Å². The molecule has 2 atom stereocenters. The zero-order valence-electron chi connectivity index (χ0n) is 11.7. The smallest absolute Gasteiger partial charge is 0.331 e. The fourth-order valence-corrected chi connectivity index (χ4v) is 1.71. The molecule has 1 aliphatic rings. The average Bonchev–Trinajstić information content (AvgIpc) is 3.02. The van der Waals surface area contributed by atoms with E-state index >= 15 is 0 Å². The molecule has 1 fully saturated rings. The van der Waals surface area contributed by atoms with Gasteiger partial charge < -0.3 is 10.0 Å². The molecule has 1 rings (SSSR count). The second kappa shape index (κ2) is 5.86. The number of hydrogen-bond acceptors (Lipinski definition) is 3. The minimum Gasteiger partial charge on any atom is -0.478 e. The van der Waals surface area contributed by atoms with E-state index in [2.05, 4.69) is 12.2 Å². The Morgan fingerprint density at radius 3 is 2.21 bits per heavy atom. The van der Waals surface area contributed by atoms with Crippen LogP contribution in [0, 0.1) is 11.8 Å². The zero-order chi connectivity index (χ0) is 14.7. The fraction of sp³-hybridized carbons (Fsp3) is 0.615. The molecule has 0 heterocycles. The van der Waals surface area contributed by atoms with Crippen molar-refractivity contribution in [2.45, 2.75) is 27.2 Å². The maximum atomic E-state index is 11.7. The van der Waals surface area contributed by atoms with E-state index in [1.54, 1.807) is 7.05 Å². The number of amides is 3. The lowest BCUT2D eigenvalue weighted by atomic mass is 10.1. The van der Waals surface area contributed by atoms with Gasteiger partial charge in [0.05, 0.1) is 0 Å². The number of carboxylic acids is 1. The maximum absolute atomic E-state index is 11.7. The number of imide groups is 1. The molecule has 2 unspecified atom stereocenters. The number of nitrogens with one attached hydrogen (secondary N) is 1. The maximum Gasteiger partial charge on any atom is 0.331 e. The van der Waals surface area contributed by atoms with Crippen LogP contribution in [-0.2, 0) is 9.59 Å². The molecule has 0 aromatic rings. The second-order valence-corrected chi connectivity index (χ2v) is 5.17. The summed E-state index contributed by atoms with van der Waals surface area (Å²) in [5.41, 5.74) is -0.0298. The molecule has 1 saturated carbocycles. The average molecular weight is 268 g/mol. The van der Waals surface area contributed by atoms with Crippen molar-refractivity contribution in [1.82, 2.24) is 10.2 Å². The van der Waals surface area contributed by atoms with Crippen LogP contribution in [0.25, 0.3) is 0 Å². The largest absolute Gasteiger partial charge is 0.478 e. The number of carbonyl (C=O) groups excluding carboxylic acids is 2. The molecule has 2 N–H and O–H groups in total. The molecule has 0 aromatic heterocycles. The highest BCUT2D eigenvalue weighted by atomic mass is 16.4. The first-order chi connectivity index (χ1) is 8.73. The van der Waals surface area contributed by atoms with Crippen LogP contribution in [0.15, 0.2) is 11.1 Å². The van der Waals surface area contributed by atoms with Gasteiger partial charge in [0.15, 0.2) is 0 Å². The van der Waals surface area contributed by atoms with Crippen LogP contribution < -0.4 is 5.32 Å². The molecular formula is C13H20N2O4. The van der Waals surface area contributed by atoms with Crippen molar-refractivity contribution in [3.8, 4) is 0 Å². The Kier molecular flexibility index (Phi) is 4.69. The number of urea groups is 1. The third-order valence-electron chi connectivity index (χ3n) is 3.58. The van der Waals surface area contributed by atoms with E-state index in [9.17, 15) is 14.4 Å². The van der Waals surface area contributed by atoms with Gasteiger partial charge in [0.2, 0.25) is 0 Å². The number of nitrogens with zero attached hydrogens (tertiary/aromatic N) is 1. The predicted octanol–water partition coefficient (Wildman–Crippen LogP) is 1.23. The Balaban J connectivity index is 2.54. The second-order valence-electron chi connectivity index (χ2n) is 5.17. The minimum absolute atomic E-state index is 0.0361. The van der Waals surface area contributed by atoms with Crippen LogP contribution in [0.4, 0.5) is 4.79 Å². The first-order valence-corrected chi connectivity index (χ1v) is 6.21. The highest BCUT2D eigenvalue weighted by Gasteiger charge is 2.34. The standard InChI is InChI=1S/C13H20N2O4/c1-7-5-10(7)6-15(4)13(19)14-11(16)8(2)9(3)12(17)18/h7,10H,5-6H2,1-4H3,(H,17,18)(H,14,16,19)/b9-8-. The first-order valence-electron chi connectivity index (χ1n) is 6.21. The fourth-order valence-electron chi connectivity index (χ4n) is 1.71. The molecule has 0 bridgehead atoms. The Labute approximate surface area is 112 Å². The van der Waals surface area contributed by atoms with Gasteiger partial charge in [-0.3, -0.25) is 10.1 Å². The van der Waals surface area contributed by atoms with E-state index in [4.69, 9.17) is 5.11 Å². The Hall–Kier alpha value is -1.85. The molecule has 19 heavy (non-hydrogen) atoms. The summed E-state index contributed by atoms with van der Waals surface area (Å²) in [6.45, 7) is 5.44. The minimum atomic E-state index is -1.17. The molecule has 0 aromatic carbocycles. The Morgan fingerprint density at radius 2 is 1.79 bits per heavy atom. The summed E-state index contributed by atoms with van der Waals surface area (Å²) in [5, 5.41) is 11.0. The summed E-state index contributed by atoms with van der Waals surface area (Å²) in [7, 11) is 1.62. The quantitative estimate of drug-likeness (QED) is 0.751. The van der Waals surface area contributed by atoms with Crippen LogP contribution in [0.3, 0.4) is 0 Å². The summed E-state index contributed by atoms with van der Waals surface area (Å²) in [6, 6.07) is -0.498. The third-order valence-corrected chi connectivity index (χ3v) is 3.58. The van der Waals surface area contributed by atoms with Crippen LogP contribution in [-0.4, -0.2) is 41.5 Å². The lowest BCUT2D eigenvalue weighted by molar-refractivity contribution is -0.133. The van der Waals surface area contributed by atoms with Crippen molar-refractivity contribution < 1.29 is 19.5 Å². The van der Waals surface area contributed by atoms with Crippen LogP contribution in [0.2, 0.25) is 0 Å². The van der Waals surface area contributed by atoms with Crippen molar-refractivity contribution in [3.63, 3.8) is 0 Å². The van der Waals surface area contributed by atoms with Gasteiger partial charge in [-0.2, -0.15) is 0 Å². The SMILES string of the molecule is C/C(C(=O)O)=C(\C)C(=O)NC(=O)N(C)CC1CC1C. The Morgan fingerprint density at radius 1 is 1.26 bits per heavy atom. The molecule has 6 heteroatoms. The van der Waals surface area contributed by atoms with Gasteiger partial charge in [-0.1, -0.05) is 6.92 Å². The van der Waals surface area contributed by atoms with Gasteiger partial charge in [0.1, 0.15) is 0 Å². The summed E-state index contributed by atoms with van der Waals surface area (Å²) in [4.78, 5) is 35.6. The van der Waals surface area contributed by atoms with E-state index in [-0.39, 0.29) is 11.1 Å². The molecular weight excluding hydrogens is 248 g/mol. The molecule has 6 nitrogen and oxygen atoms in total. The molecule has 3 amide bonds.